The van der Waals surface area contributed by atoms with Crippen molar-refractivity contribution in [2.75, 3.05) is 0 Å². The highest BCUT2D eigenvalue weighted by Gasteiger charge is 2.45. The first kappa shape index (κ1) is 13.6. The lowest BCUT2D eigenvalue weighted by atomic mass is 9.63. The summed E-state index contributed by atoms with van der Waals surface area (Å²) in [5.41, 5.74) is 3.45. The fraction of sp³-hybridized carbons (Fsp3) is 0.647. The minimum atomic E-state index is -0.540. The number of hydrogen-bond acceptors (Lipinski definition) is 1. The van der Waals surface area contributed by atoms with E-state index in [-0.39, 0.29) is 5.41 Å². The van der Waals surface area contributed by atoms with Gasteiger partial charge in [0.2, 0.25) is 0 Å². The summed E-state index contributed by atoms with van der Waals surface area (Å²) in [6.45, 7) is 8.75. The summed E-state index contributed by atoms with van der Waals surface area (Å²) in [5, 5.41) is 11.1. The van der Waals surface area contributed by atoms with Gasteiger partial charge < -0.3 is 5.11 Å². The topological polar surface area (TPSA) is 20.2 Å². The molecule has 0 aliphatic heterocycles. The van der Waals surface area contributed by atoms with Crippen LogP contribution in [0.1, 0.15) is 56.2 Å². The molecule has 18 heavy (non-hydrogen) atoms. The van der Waals surface area contributed by atoms with Gasteiger partial charge in [-0.3, -0.25) is 0 Å². The van der Waals surface area contributed by atoms with Gasteiger partial charge in [-0.25, -0.2) is 0 Å². The average Bonchev–Trinajstić information content (AvgIpc) is 2.28. The quantitative estimate of drug-likeness (QED) is 0.830. The van der Waals surface area contributed by atoms with E-state index in [2.05, 4.69) is 45.9 Å². The Morgan fingerprint density at radius 2 is 1.61 bits per heavy atom. The SMILES string of the molecule is Cc1cccc(C)c1CC1(O)CCCCC1(C)C. The molecule has 2 rings (SSSR count). The number of rotatable bonds is 2. The number of aliphatic hydroxyl groups is 1. The van der Waals surface area contributed by atoms with Crippen molar-refractivity contribution in [3.8, 4) is 0 Å². The van der Waals surface area contributed by atoms with E-state index in [1.54, 1.807) is 0 Å². The third kappa shape index (κ3) is 2.33. The maximum atomic E-state index is 11.1. The Hall–Kier alpha value is -0.820. The van der Waals surface area contributed by atoms with Gasteiger partial charge in [0.05, 0.1) is 5.60 Å². The van der Waals surface area contributed by atoms with E-state index in [1.807, 2.05) is 0 Å². The molecule has 1 fully saturated rings. The third-order valence-corrected chi connectivity index (χ3v) is 5.02. The molecule has 0 radical (unpaired) electrons. The molecule has 1 saturated carbocycles. The fourth-order valence-electron chi connectivity index (χ4n) is 3.30. The van der Waals surface area contributed by atoms with E-state index in [4.69, 9.17) is 0 Å². The van der Waals surface area contributed by atoms with Crippen LogP contribution in [0, 0.1) is 19.3 Å². The van der Waals surface area contributed by atoms with Gasteiger partial charge >= 0.3 is 0 Å². The Kier molecular flexibility index (Phi) is 3.55. The zero-order valence-corrected chi connectivity index (χ0v) is 12.2. The van der Waals surface area contributed by atoms with Crippen molar-refractivity contribution in [2.45, 2.75) is 65.4 Å². The van der Waals surface area contributed by atoms with Crippen LogP contribution in [-0.2, 0) is 6.42 Å². The van der Waals surface area contributed by atoms with Crippen LogP contribution in [0.2, 0.25) is 0 Å². The number of benzene rings is 1. The molecule has 1 aliphatic carbocycles. The summed E-state index contributed by atoms with van der Waals surface area (Å²) >= 11 is 0. The molecule has 0 heterocycles. The maximum Gasteiger partial charge on any atom is 0.0738 e. The van der Waals surface area contributed by atoms with Crippen LogP contribution in [0.15, 0.2) is 18.2 Å². The van der Waals surface area contributed by atoms with E-state index >= 15 is 0 Å². The molecule has 1 aliphatic rings. The summed E-state index contributed by atoms with van der Waals surface area (Å²) in [5.74, 6) is 0. The standard InChI is InChI=1S/C17H26O/c1-13-8-7-9-14(2)15(13)12-17(18)11-6-5-10-16(17,3)4/h7-9,18H,5-6,10-12H2,1-4H3. The molecular formula is C17H26O. The van der Waals surface area contributed by atoms with Crippen LogP contribution in [0.5, 0.6) is 0 Å². The van der Waals surface area contributed by atoms with Gasteiger partial charge in [0.25, 0.3) is 0 Å². The highest BCUT2D eigenvalue weighted by atomic mass is 16.3. The molecule has 0 saturated heterocycles. The predicted octanol–water partition coefficient (Wildman–Crippen LogP) is 4.18. The summed E-state index contributed by atoms with van der Waals surface area (Å²) < 4.78 is 0. The van der Waals surface area contributed by atoms with Crippen molar-refractivity contribution < 1.29 is 5.11 Å². The lowest BCUT2D eigenvalue weighted by molar-refractivity contribution is -0.0960. The Morgan fingerprint density at radius 3 is 2.17 bits per heavy atom. The van der Waals surface area contributed by atoms with Gasteiger partial charge in [-0.05, 0) is 48.8 Å². The third-order valence-electron chi connectivity index (χ3n) is 5.02. The van der Waals surface area contributed by atoms with E-state index < -0.39 is 5.60 Å². The van der Waals surface area contributed by atoms with Crippen LogP contribution in [0.25, 0.3) is 0 Å². The predicted molar refractivity (Wildman–Crippen MR) is 76.8 cm³/mol. The summed E-state index contributed by atoms with van der Waals surface area (Å²) in [7, 11) is 0. The first-order chi connectivity index (χ1) is 8.36. The smallest absolute Gasteiger partial charge is 0.0738 e. The van der Waals surface area contributed by atoms with Crippen LogP contribution in [-0.4, -0.2) is 10.7 Å². The number of aryl methyl sites for hydroxylation is 2. The van der Waals surface area contributed by atoms with Crippen molar-refractivity contribution in [1.82, 2.24) is 0 Å². The van der Waals surface area contributed by atoms with Crippen molar-refractivity contribution >= 4 is 0 Å². The van der Waals surface area contributed by atoms with Gasteiger partial charge in [0.1, 0.15) is 0 Å². The maximum absolute atomic E-state index is 11.1. The van der Waals surface area contributed by atoms with Gasteiger partial charge in [-0.15, -0.1) is 0 Å². The van der Waals surface area contributed by atoms with Gasteiger partial charge in [0.15, 0.2) is 0 Å². The molecule has 0 aromatic heterocycles. The van der Waals surface area contributed by atoms with Crippen LogP contribution in [0.4, 0.5) is 0 Å². The molecule has 1 heteroatoms. The second kappa shape index (κ2) is 4.70. The average molecular weight is 246 g/mol. The number of hydrogen-bond donors (Lipinski definition) is 1. The van der Waals surface area contributed by atoms with E-state index in [1.165, 1.54) is 23.1 Å². The highest BCUT2D eigenvalue weighted by molar-refractivity contribution is 5.35. The molecule has 1 atom stereocenters. The zero-order valence-electron chi connectivity index (χ0n) is 12.2. The van der Waals surface area contributed by atoms with Crippen LogP contribution in [0.3, 0.4) is 0 Å². The minimum Gasteiger partial charge on any atom is -0.389 e. The molecule has 0 bridgehead atoms. The van der Waals surface area contributed by atoms with E-state index in [9.17, 15) is 5.11 Å². The Labute approximate surface area is 111 Å². The fourth-order valence-corrected chi connectivity index (χ4v) is 3.30. The summed E-state index contributed by atoms with van der Waals surface area (Å²) in [6, 6.07) is 6.41. The first-order valence-corrected chi connectivity index (χ1v) is 7.13. The van der Waals surface area contributed by atoms with Crippen LogP contribution < -0.4 is 0 Å². The van der Waals surface area contributed by atoms with Crippen molar-refractivity contribution in [3.63, 3.8) is 0 Å². The van der Waals surface area contributed by atoms with Gasteiger partial charge in [0, 0.05) is 6.42 Å². The second-order valence-corrected chi connectivity index (χ2v) is 6.67. The molecule has 0 spiro atoms. The molecular weight excluding hydrogens is 220 g/mol. The Balaban J connectivity index is 2.32. The lowest BCUT2D eigenvalue weighted by Gasteiger charge is -2.47. The summed E-state index contributed by atoms with van der Waals surface area (Å²) in [6.07, 6.45) is 5.29. The van der Waals surface area contributed by atoms with Crippen LogP contribution >= 0.6 is 0 Å². The van der Waals surface area contributed by atoms with Gasteiger partial charge in [-0.2, -0.15) is 0 Å². The first-order valence-electron chi connectivity index (χ1n) is 7.13. The molecule has 1 unspecified atom stereocenters. The molecule has 1 nitrogen and oxygen atoms in total. The molecule has 1 aromatic carbocycles. The molecule has 0 amide bonds. The second-order valence-electron chi connectivity index (χ2n) is 6.67. The van der Waals surface area contributed by atoms with Crippen molar-refractivity contribution in [3.05, 3.63) is 34.9 Å². The summed E-state index contributed by atoms with van der Waals surface area (Å²) in [4.78, 5) is 0. The molecule has 1 aromatic rings. The van der Waals surface area contributed by atoms with E-state index in [0.717, 1.165) is 25.7 Å². The lowest BCUT2D eigenvalue weighted by Crippen LogP contribution is -2.49. The molecule has 1 N–H and O–H groups in total. The normalized spacial score (nSPS) is 27.2. The van der Waals surface area contributed by atoms with Gasteiger partial charge in [-0.1, -0.05) is 44.9 Å². The molecule has 100 valence electrons. The monoisotopic (exact) mass is 246 g/mol. The largest absolute Gasteiger partial charge is 0.389 e. The minimum absolute atomic E-state index is 0.0277. The Morgan fingerprint density at radius 1 is 1.06 bits per heavy atom. The highest BCUT2D eigenvalue weighted by Crippen LogP contribution is 2.46. The van der Waals surface area contributed by atoms with Crippen molar-refractivity contribution in [1.29, 1.82) is 0 Å². The van der Waals surface area contributed by atoms with Crippen molar-refractivity contribution in [2.24, 2.45) is 5.41 Å². The van der Waals surface area contributed by atoms with E-state index in [0.29, 0.717) is 0 Å². The zero-order chi connectivity index (χ0) is 13.4. The Bertz CT molecular complexity index is 413.